The molecule has 31 heavy (non-hydrogen) atoms. The molecule has 1 N–H and O–H groups in total. The van der Waals surface area contributed by atoms with E-state index in [1.54, 1.807) is 53.4 Å². The van der Waals surface area contributed by atoms with Gasteiger partial charge in [-0.05, 0) is 54.1 Å². The number of nitrogens with one attached hydrogen (secondary N) is 1. The van der Waals surface area contributed by atoms with Gasteiger partial charge in [0.1, 0.15) is 11.6 Å². The van der Waals surface area contributed by atoms with Crippen LogP contribution in [0.15, 0.2) is 78.2 Å². The summed E-state index contributed by atoms with van der Waals surface area (Å²) < 4.78 is 28.2. The Balaban J connectivity index is 1.51. The van der Waals surface area contributed by atoms with E-state index in [0.717, 1.165) is 11.1 Å². The zero-order chi connectivity index (χ0) is 21.6. The van der Waals surface area contributed by atoms with Gasteiger partial charge in [-0.25, -0.2) is 8.78 Å². The predicted octanol–water partition coefficient (Wildman–Crippen LogP) is 4.02. The van der Waals surface area contributed by atoms with Crippen molar-refractivity contribution in [1.29, 1.82) is 0 Å². The first-order valence-electron chi connectivity index (χ1n) is 9.36. The van der Waals surface area contributed by atoms with E-state index < -0.39 is 0 Å². The fourth-order valence-electron chi connectivity index (χ4n) is 2.86. The lowest BCUT2D eigenvalue weighted by atomic mass is 10.2. The van der Waals surface area contributed by atoms with Crippen molar-refractivity contribution in [2.24, 2.45) is 0 Å². The second-order valence-corrected chi connectivity index (χ2v) is 7.49. The summed E-state index contributed by atoms with van der Waals surface area (Å²) in [5.74, 6) is -0.208. The maximum absolute atomic E-state index is 13.4. The minimum absolute atomic E-state index is 0.108. The Kier molecular flexibility index (Phi) is 6.32. The first-order valence-corrected chi connectivity index (χ1v) is 10.3. The van der Waals surface area contributed by atoms with E-state index in [0.29, 0.717) is 23.2 Å². The predicted molar refractivity (Wildman–Crippen MR) is 114 cm³/mol. The van der Waals surface area contributed by atoms with E-state index in [2.05, 4.69) is 20.5 Å². The maximum atomic E-state index is 13.4. The maximum Gasteiger partial charge on any atom is 0.230 e. The van der Waals surface area contributed by atoms with Gasteiger partial charge in [0.15, 0.2) is 11.0 Å². The van der Waals surface area contributed by atoms with Crippen LogP contribution in [0.3, 0.4) is 0 Å². The third-order valence-electron chi connectivity index (χ3n) is 4.39. The average Bonchev–Trinajstić information content (AvgIpc) is 3.22. The molecule has 2 aromatic heterocycles. The van der Waals surface area contributed by atoms with E-state index >= 15 is 0 Å². The molecule has 6 nitrogen and oxygen atoms in total. The van der Waals surface area contributed by atoms with E-state index in [1.165, 1.54) is 36.0 Å². The molecule has 4 rings (SSSR count). The Labute approximate surface area is 181 Å². The van der Waals surface area contributed by atoms with E-state index in [-0.39, 0.29) is 23.3 Å². The van der Waals surface area contributed by atoms with Crippen LogP contribution in [0.25, 0.3) is 17.1 Å². The normalized spacial score (nSPS) is 10.8. The molecular weight excluding hydrogens is 420 g/mol. The Morgan fingerprint density at radius 1 is 0.903 bits per heavy atom. The van der Waals surface area contributed by atoms with Gasteiger partial charge >= 0.3 is 0 Å². The molecule has 0 aliphatic rings. The Morgan fingerprint density at radius 2 is 1.55 bits per heavy atom. The number of halogens is 2. The van der Waals surface area contributed by atoms with Crippen molar-refractivity contribution in [2.45, 2.75) is 11.7 Å². The Morgan fingerprint density at radius 3 is 2.23 bits per heavy atom. The van der Waals surface area contributed by atoms with Crippen molar-refractivity contribution in [3.05, 3.63) is 90.3 Å². The lowest BCUT2D eigenvalue weighted by molar-refractivity contribution is -0.118. The van der Waals surface area contributed by atoms with Crippen molar-refractivity contribution in [3.8, 4) is 17.1 Å². The SMILES string of the molecule is O=C(CSc1nnc(-c2ccncc2)n1-c1ccc(F)cc1)NCc1ccc(F)cc1. The minimum atomic E-state index is -0.350. The van der Waals surface area contributed by atoms with Crippen molar-refractivity contribution >= 4 is 17.7 Å². The summed E-state index contributed by atoms with van der Waals surface area (Å²) in [5.41, 5.74) is 2.26. The number of carbonyl (C=O) groups excluding carboxylic acids is 1. The van der Waals surface area contributed by atoms with Gasteiger partial charge in [-0.2, -0.15) is 0 Å². The molecule has 0 aliphatic heterocycles. The molecule has 0 atom stereocenters. The third kappa shape index (κ3) is 5.13. The summed E-state index contributed by atoms with van der Waals surface area (Å²) in [6.45, 7) is 0.298. The summed E-state index contributed by atoms with van der Waals surface area (Å²) in [7, 11) is 0. The van der Waals surface area contributed by atoms with Crippen LogP contribution in [-0.4, -0.2) is 31.4 Å². The Bertz CT molecular complexity index is 1160. The molecule has 0 unspecified atom stereocenters. The second-order valence-electron chi connectivity index (χ2n) is 6.55. The number of rotatable bonds is 7. The van der Waals surface area contributed by atoms with Crippen LogP contribution < -0.4 is 5.32 Å². The number of carbonyl (C=O) groups is 1. The highest BCUT2D eigenvalue weighted by Gasteiger charge is 2.17. The fraction of sp³-hybridized carbons (Fsp3) is 0.0909. The quantitative estimate of drug-likeness (QED) is 0.442. The average molecular weight is 437 g/mol. The number of nitrogens with zero attached hydrogens (tertiary/aromatic N) is 4. The molecule has 1 amide bonds. The summed E-state index contributed by atoms with van der Waals surface area (Å²) in [6.07, 6.45) is 3.30. The minimum Gasteiger partial charge on any atom is -0.351 e. The largest absolute Gasteiger partial charge is 0.351 e. The van der Waals surface area contributed by atoms with Crippen LogP contribution in [0.4, 0.5) is 8.78 Å². The number of hydrogen-bond donors (Lipinski definition) is 1. The first kappa shape index (κ1) is 20.7. The number of hydrogen-bond acceptors (Lipinski definition) is 5. The lowest BCUT2D eigenvalue weighted by Gasteiger charge is -2.10. The van der Waals surface area contributed by atoms with Gasteiger partial charge in [0, 0.05) is 30.2 Å². The molecule has 0 spiro atoms. The first-order chi connectivity index (χ1) is 15.1. The van der Waals surface area contributed by atoms with Crippen molar-refractivity contribution in [3.63, 3.8) is 0 Å². The molecular formula is C22H17F2N5OS. The molecule has 2 aromatic carbocycles. The number of benzene rings is 2. The summed E-state index contributed by atoms with van der Waals surface area (Å²) in [6, 6.07) is 15.5. The number of pyridine rings is 1. The molecule has 0 saturated heterocycles. The molecule has 0 radical (unpaired) electrons. The zero-order valence-corrected chi connectivity index (χ0v) is 17.0. The van der Waals surface area contributed by atoms with E-state index in [4.69, 9.17) is 0 Å². The highest BCUT2D eigenvalue weighted by molar-refractivity contribution is 7.99. The molecule has 0 saturated carbocycles. The second kappa shape index (κ2) is 9.48. The molecule has 156 valence electrons. The van der Waals surface area contributed by atoms with Gasteiger partial charge in [-0.1, -0.05) is 23.9 Å². The third-order valence-corrected chi connectivity index (χ3v) is 5.32. The molecule has 0 fully saturated rings. The lowest BCUT2D eigenvalue weighted by Crippen LogP contribution is -2.24. The standard InChI is InChI=1S/C22H17F2N5OS/c23-17-3-1-15(2-4-17)13-26-20(30)14-31-22-28-27-21(16-9-11-25-12-10-16)29(22)19-7-5-18(24)6-8-19/h1-12H,13-14H2,(H,26,30). The smallest absolute Gasteiger partial charge is 0.230 e. The summed E-state index contributed by atoms with van der Waals surface area (Å²) in [5, 5.41) is 11.8. The van der Waals surface area contributed by atoms with Crippen LogP contribution in [0.5, 0.6) is 0 Å². The molecule has 0 aliphatic carbocycles. The highest BCUT2D eigenvalue weighted by atomic mass is 32.2. The van der Waals surface area contributed by atoms with Crippen LogP contribution in [0.1, 0.15) is 5.56 Å². The van der Waals surface area contributed by atoms with Gasteiger partial charge in [0.05, 0.1) is 5.75 Å². The van der Waals surface area contributed by atoms with E-state index in [1.807, 2.05) is 0 Å². The van der Waals surface area contributed by atoms with Crippen LogP contribution in [0, 0.1) is 11.6 Å². The van der Waals surface area contributed by atoms with E-state index in [9.17, 15) is 13.6 Å². The van der Waals surface area contributed by atoms with Crippen LogP contribution >= 0.6 is 11.8 Å². The van der Waals surface area contributed by atoms with Crippen molar-refractivity contribution in [2.75, 3.05) is 5.75 Å². The van der Waals surface area contributed by atoms with Crippen molar-refractivity contribution < 1.29 is 13.6 Å². The molecule has 4 aromatic rings. The van der Waals surface area contributed by atoms with Gasteiger partial charge < -0.3 is 5.32 Å². The number of amides is 1. The number of thioether (sulfide) groups is 1. The number of aromatic nitrogens is 4. The highest BCUT2D eigenvalue weighted by Crippen LogP contribution is 2.27. The van der Waals surface area contributed by atoms with Crippen LogP contribution in [-0.2, 0) is 11.3 Å². The van der Waals surface area contributed by atoms with Crippen molar-refractivity contribution in [1.82, 2.24) is 25.1 Å². The van der Waals surface area contributed by atoms with Crippen LogP contribution in [0.2, 0.25) is 0 Å². The fourth-order valence-corrected chi connectivity index (χ4v) is 3.64. The summed E-state index contributed by atoms with van der Waals surface area (Å²) >= 11 is 1.22. The van der Waals surface area contributed by atoms with Gasteiger partial charge in [0.25, 0.3) is 0 Å². The topological polar surface area (TPSA) is 72.7 Å². The van der Waals surface area contributed by atoms with Gasteiger partial charge in [-0.15, -0.1) is 10.2 Å². The monoisotopic (exact) mass is 437 g/mol. The van der Waals surface area contributed by atoms with Gasteiger partial charge in [-0.3, -0.25) is 14.3 Å². The van der Waals surface area contributed by atoms with Gasteiger partial charge in [0.2, 0.25) is 5.91 Å². The molecule has 0 bridgehead atoms. The Hall–Kier alpha value is -3.59. The molecule has 2 heterocycles. The summed E-state index contributed by atoms with van der Waals surface area (Å²) in [4.78, 5) is 16.3. The zero-order valence-electron chi connectivity index (χ0n) is 16.2. The molecule has 9 heteroatoms.